The van der Waals surface area contributed by atoms with Crippen LogP contribution in [0.1, 0.15) is 11.3 Å². The summed E-state index contributed by atoms with van der Waals surface area (Å²) in [5.74, 6) is 0. The van der Waals surface area contributed by atoms with E-state index in [1.54, 1.807) is 30.9 Å². The lowest BCUT2D eigenvalue weighted by atomic mass is 10.2. The zero-order valence-corrected chi connectivity index (χ0v) is 14.4. The van der Waals surface area contributed by atoms with Crippen molar-refractivity contribution in [3.05, 3.63) is 81.1 Å². The molecule has 0 aliphatic rings. The van der Waals surface area contributed by atoms with Crippen LogP contribution in [0, 0.1) is 0 Å². The highest BCUT2D eigenvalue weighted by Gasteiger charge is 2.14. The summed E-state index contributed by atoms with van der Waals surface area (Å²) in [6.45, 7) is 0. The van der Waals surface area contributed by atoms with Gasteiger partial charge in [-0.3, -0.25) is 14.8 Å². The average molecular weight is 367 g/mol. The third-order valence-electron chi connectivity index (χ3n) is 3.63. The van der Waals surface area contributed by atoms with E-state index in [2.05, 4.69) is 15.0 Å². The lowest BCUT2D eigenvalue weighted by Gasteiger charge is -2.03. The molecule has 0 spiro atoms. The van der Waals surface area contributed by atoms with Crippen molar-refractivity contribution in [3.63, 3.8) is 0 Å². The molecule has 0 amide bonds. The maximum atomic E-state index is 12.8. The van der Waals surface area contributed by atoms with Crippen LogP contribution in [0.2, 0.25) is 5.02 Å². The van der Waals surface area contributed by atoms with Crippen LogP contribution in [-0.2, 0) is 0 Å². The van der Waals surface area contributed by atoms with Gasteiger partial charge in [-0.1, -0.05) is 23.7 Å². The van der Waals surface area contributed by atoms with Crippen LogP contribution in [0.4, 0.5) is 0 Å². The molecule has 0 fully saturated rings. The molecule has 7 heteroatoms. The van der Waals surface area contributed by atoms with Crippen molar-refractivity contribution in [2.24, 2.45) is 0 Å². The van der Waals surface area contributed by atoms with Crippen molar-refractivity contribution >= 4 is 40.1 Å². The number of hydrogen-bond donors (Lipinski definition) is 0. The molecule has 0 bridgehead atoms. The molecule has 0 radical (unpaired) electrons. The second-order valence-electron chi connectivity index (χ2n) is 5.21. The quantitative estimate of drug-likeness (QED) is 0.549. The van der Waals surface area contributed by atoms with Gasteiger partial charge in [0.15, 0.2) is 4.96 Å². The van der Waals surface area contributed by atoms with Gasteiger partial charge in [-0.15, -0.1) is 11.3 Å². The van der Waals surface area contributed by atoms with Crippen molar-refractivity contribution < 1.29 is 0 Å². The maximum absolute atomic E-state index is 12.8. The summed E-state index contributed by atoms with van der Waals surface area (Å²) < 4.78 is 1.53. The molecule has 5 nitrogen and oxygen atoms in total. The fourth-order valence-corrected chi connectivity index (χ4v) is 3.52. The monoisotopic (exact) mass is 366 g/mol. The van der Waals surface area contributed by atoms with E-state index >= 15 is 0 Å². The number of aromatic nitrogens is 4. The first-order chi connectivity index (χ1) is 12.2. The Labute approximate surface area is 151 Å². The number of hydrogen-bond acceptors (Lipinski definition) is 5. The summed E-state index contributed by atoms with van der Waals surface area (Å²) in [4.78, 5) is 25.9. The Morgan fingerprint density at radius 2 is 1.92 bits per heavy atom. The Kier molecular flexibility index (Phi) is 4.13. The number of pyridine rings is 2. The Bertz CT molecular complexity index is 1120. The molecule has 25 heavy (non-hydrogen) atoms. The number of halogens is 1. The third kappa shape index (κ3) is 2.97. The second kappa shape index (κ2) is 6.58. The van der Waals surface area contributed by atoms with E-state index in [4.69, 9.17) is 11.6 Å². The van der Waals surface area contributed by atoms with Gasteiger partial charge >= 0.3 is 0 Å². The van der Waals surface area contributed by atoms with Crippen LogP contribution in [-0.4, -0.2) is 19.4 Å². The van der Waals surface area contributed by atoms with Gasteiger partial charge in [0.05, 0.1) is 11.4 Å². The Hall–Kier alpha value is -2.83. The van der Waals surface area contributed by atoms with Gasteiger partial charge < -0.3 is 0 Å². The largest absolute Gasteiger partial charge is 0.278 e. The van der Waals surface area contributed by atoms with E-state index in [1.807, 2.05) is 35.7 Å². The minimum absolute atomic E-state index is 0.0892. The topological polar surface area (TPSA) is 60.2 Å². The van der Waals surface area contributed by atoms with E-state index in [9.17, 15) is 4.79 Å². The van der Waals surface area contributed by atoms with Crippen molar-refractivity contribution in [1.29, 1.82) is 0 Å². The number of rotatable bonds is 3. The van der Waals surface area contributed by atoms with Gasteiger partial charge in [-0.05, 0) is 29.8 Å². The first kappa shape index (κ1) is 15.7. The van der Waals surface area contributed by atoms with Gasteiger partial charge in [0.25, 0.3) is 5.56 Å². The average Bonchev–Trinajstić information content (AvgIpc) is 3.09. The number of fused-ring (bicyclic) bond motifs is 1. The smallest absolute Gasteiger partial charge is 0.267 e. The molecule has 0 N–H and O–H groups in total. The van der Waals surface area contributed by atoms with Gasteiger partial charge in [0.2, 0.25) is 0 Å². The summed E-state index contributed by atoms with van der Waals surface area (Å²) in [7, 11) is 0. The second-order valence-corrected chi connectivity index (χ2v) is 6.43. The van der Waals surface area contributed by atoms with Gasteiger partial charge in [0.1, 0.15) is 5.02 Å². The van der Waals surface area contributed by atoms with Crippen LogP contribution in [0.5, 0.6) is 0 Å². The SMILES string of the molecule is O=c1c(Cl)c(/C=C/c2cccnc2)nc2scc(-c3ccncc3)n12. The Balaban J connectivity index is 1.84. The van der Waals surface area contributed by atoms with Crippen molar-refractivity contribution in [2.45, 2.75) is 0 Å². The van der Waals surface area contributed by atoms with Gasteiger partial charge in [-0.2, -0.15) is 0 Å². The highest BCUT2D eigenvalue weighted by Crippen LogP contribution is 2.25. The molecular formula is C18H11ClN4OS. The predicted molar refractivity (Wildman–Crippen MR) is 101 cm³/mol. The first-order valence-electron chi connectivity index (χ1n) is 7.42. The Morgan fingerprint density at radius 1 is 1.08 bits per heavy atom. The molecule has 0 saturated heterocycles. The standard InChI is InChI=1S/C18H11ClN4OS/c19-16-14(4-3-12-2-1-7-21-10-12)22-18-23(17(16)24)15(11-25-18)13-5-8-20-9-6-13/h1-11H/b4-3+. The lowest BCUT2D eigenvalue weighted by Crippen LogP contribution is -2.16. The van der Waals surface area contributed by atoms with Crippen molar-refractivity contribution in [3.8, 4) is 11.3 Å². The van der Waals surface area contributed by atoms with Crippen LogP contribution in [0.3, 0.4) is 0 Å². The molecule has 0 aliphatic heterocycles. The highest BCUT2D eigenvalue weighted by molar-refractivity contribution is 7.15. The molecular weight excluding hydrogens is 356 g/mol. The summed E-state index contributed by atoms with van der Waals surface area (Å²) in [5.41, 5.74) is 2.71. The summed E-state index contributed by atoms with van der Waals surface area (Å²) in [6, 6.07) is 7.44. The summed E-state index contributed by atoms with van der Waals surface area (Å²) >= 11 is 7.68. The predicted octanol–water partition coefficient (Wildman–Crippen LogP) is 4.04. The minimum atomic E-state index is -0.287. The third-order valence-corrected chi connectivity index (χ3v) is 4.82. The highest BCUT2D eigenvalue weighted by atomic mass is 35.5. The van der Waals surface area contributed by atoms with Crippen LogP contribution >= 0.6 is 22.9 Å². The molecule has 122 valence electrons. The van der Waals surface area contributed by atoms with E-state index in [-0.39, 0.29) is 10.6 Å². The first-order valence-corrected chi connectivity index (χ1v) is 8.68. The molecule has 4 aromatic heterocycles. The van der Waals surface area contributed by atoms with Gasteiger partial charge in [0, 0.05) is 35.7 Å². The van der Waals surface area contributed by atoms with Gasteiger partial charge in [-0.25, -0.2) is 9.38 Å². The van der Waals surface area contributed by atoms with E-state index < -0.39 is 0 Å². The number of nitrogens with zero attached hydrogens (tertiary/aromatic N) is 4. The van der Waals surface area contributed by atoms with Crippen LogP contribution in [0.25, 0.3) is 28.4 Å². The van der Waals surface area contributed by atoms with Crippen LogP contribution in [0.15, 0.2) is 59.2 Å². The number of thiazole rings is 1. The molecule has 0 unspecified atom stereocenters. The van der Waals surface area contributed by atoms with Crippen molar-refractivity contribution in [2.75, 3.05) is 0 Å². The summed E-state index contributed by atoms with van der Waals surface area (Å²) in [6.07, 6.45) is 10.4. The zero-order valence-electron chi connectivity index (χ0n) is 12.8. The van der Waals surface area contributed by atoms with Crippen molar-refractivity contribution in [1.82, 2.24) is 19.4 Å². The molecule has 4 aromatic rings. The van der Waals surface area contributed by atoms with E-state index in [1.165, 1.54) is 15.7 Å². The summed E-state index contributed by atoms with van der Waals surface area (Å²) in [5, 5.41) is 1.98. The molecule has 0 saturated carbocycles. The van der Waals surface area contributed by atoms with Crippen LogP contribution < -0.4 is 5.56 Å². The normalized spacial score (nSPS) is 11.4. The lowest BCUT2D eigenvalue weighted by molar-refractivity contribution is 1.08. The molecule has 4 rings (SSSR count). The minimum Gasteiger partial charge on any atom is -0.267 e. The fourth-order valence-electron chi connectivity index (χ4n) is 2.43. The van der Waals surface area contributed by atoms with E-state index in [0.29, 0.717) is 10.7 Å². The molecule has 0 aromatic carbocycles. The molecule has 0 atom stereocenters. The molecule has 0 aliphatic carbocycles. The van der Waals surface area contributed by atoms with E-state index in [0.717, 1.165) is 16.8 Å². The fraction of sp³-hybridized carbons (Fsp3) is 0. The molecule has 4 heterocycles. The maximum Gasteiger partial charge on any atom is 0.278 e. The zero-order chi connectivity index (χ0) is 17.2. The Morgan fingerprint density at radius 3 is 2.68 bits per heavy atom.